The summed E-state index contributed by atoms with van der Waals surface area (Å²) in [7, 11) is 0. The number of esters is 2. The normalized spacial score (nSPS) is 15.5. The first-order chi connectivity index (χ1) is 13.5. The molecule has 1 aromatic rings. The van der Waals surface area contributed by atoms with Crippen molar-refractivity contribution in [2.24, 2.45) is 0 Å². The van der Waals surface area contributed by atoms with E-state index < -0.39 is 54.7 Å². The average molecular weight is 484 g/mol. The Bertz CT molecular complexity index is 855. The van der Waals surface area contributed by atoms with Gasteiger partial charge < -0.3 is 19.0 Å². The van der Waals surface area contributed by atoms with Crippen molar-refractivity contribution in [3.63, 3.8) is 0 Å². The standard InChI is InChI=1S/C16H13BrF3NO8/c1-8-4-10(17)5-9-6-11(14(16(18,19)20)29-13(8)9)15(23)27-7-26-12(22)2-3-28-21(24)25/h4-6,14H,2-3,7H2,1H3. The molecule has 0 aromatic heterocycles. The van der Waals surface area contributed by atoms with Crippen molar-refractivity contribution in [3.8, 4) is 5.75 Å². The number of fused-ring (bicyclic) bond motifs is 1. The van der Waals surface area contributed by atoms with Crippen LogP contribution in [0.25, 0.3) is 6.08 Å². The third kappa shape index (κ3) is 6.07. The number of hydrogen-bond donors (Lipinski definition) is 0. The number of hydrogen-bond acceptors (Lipinski definition) is 8. The molecule has 0 aliphatic carbocycles. The maximum atomic E-state index is 13.4. The maximum absolute atomic E-state index is 13.4. The summed E-state index contributed by atoms with van der Waals surface area (Å²) in [5, 5.41) is 8.84. The fourth-order valence-electron chi connectivity index (χ4n) is 2.37. The maximum Gasteiger partial charge on any atom is 0.430 e. The predicted molar refractivity (Wildman–Crippen MR) is 91.9 cm³/mol. The molecule has 0 fully saturated rings. The largest absolute Gasteiger partial charge is 0.475 e. The van der Waals surface area contributed by atoms with Crippen LogP contribution in [0.2, 0.25) is 0 Å². The Morgan fingerprint density at radius 1 is 1.31 bits per heavy atom. The van der Waals surface area contributed by atoms with Crippen molar-refractivity contribution in [1.29, 1.82) is 0 Å². The van der Waals surface area contributed by atoms with Crippen LogP contribution in [-0.4, -0.2) is 42.7 Å². The molecule has 29 heavy (non-hydrogen) atoms. The molecule has 9 nitrogen and oxygen atoms in total. The zero-order chi connectivity index (χ0) is 21.8. The van der Waals surface area contributed by atoms with Crippen molar-refractivity contribution in [3.05, 3.63) is 43.4 Å². The van der Waals surface area contributed by atoms with Crippen LogP contribution in [0, 0.1) is 17.0 Å². The van der Waals surface area contributed by atoms with E-state index in [-0.39, 0.29) is 11.3 Å². The average Bonchev–Trinajstić information content (AvgIpc) is 2.59. The number of aryl methyl sites for hydroxylation is 1. The van der Waals surface area contributed by atoms with Gasteiger partial charge in [-0.25, -0.2) is 4.79 Å². The Morgan fingerprint density at radius 2 is 2.00 bits per heavy atom. The first-order valence-electron chi connectivity index (χ1n) is 7.84. The fourth-order valence-corrected chi connectivity index (χ4v) is 2.96. The van der Waals surface area contributed by atoms with Crippen molar-refractivity contribution in [2.45, 2.75) is 25.6 Å². The molecule has 0 saturated carbocycles. The number of nitrogens with zero attached hydrogens (tertiary/aromatic N) is 1. The summed E-state index contributed by atoms with van der Waals surface area (Å²) >= 11 is 3.21. The van der Waals surface area contributed by atoms with Gasteiger partial charge in [-0.15, -0.1) is 10.1 Å². The fraction of sp³-hybridized carbons (Fsp3) is 0.375. The third-order valence-electron chi connectivity index (χ3n) is 3.54. The Hall–Kier alpha value is -2.83. The minimum absolute atomic E-state index is 0.0238. The van der Waals surface area contributed by atoms with Crippen LogP contribution in [0.1, 0.15) is 17.5 Å². The van der Waals surface area contributed by atoms with Crippen LogP contribution in [0.15, 0.2) is 22.2 Å². The number of alkyl halides is 3. The molecule has 0 radical (unpaired) electrons. The van der Waals surface area contributed by atoms with Gasteiger partial charge in [0.15, 0.2) is 0 Å². The second-order valence-electron chi connectivity index (χ2n) is 5.65. The summed E-state index contributed by atoms with van der Waals surface area (Å²) in [4.78, 5) is 37.3. The summed E-state index contributed by atoms with van der Waals surface area (Å²) in [6, 6.07) is 3.03. The lowest BCUT2D eigenvalue weighted by Gasteiger charge is -2.28. The van der Waals surface area contributed by atoms with Gasteiger partial charge in [0.2, 0.25) is 12.9 Å². The monoisotopic (exact) mass is 483 g/mol. The van der Waals surface area contributed by atoms with Crippen LogP contribution in [0.4, 0.5) is 13.2 Å². The lowest BCUT2D eigenvalue weighted by Crippen LogP contribution is -2.41. The molecule has 0 bridgehead atoms. The van der Waals surface area contributed by atoms with Crippen LogP contribution >= 0.6 is 15.9 Å². The van der Waals surface area contributed by atoms with Crippen LogP contribution in [0.5, 0.6) is 5.75 Å². The summed E-state index contributed by atoms with van der Waals surface area (Å²) in [5.74, 6) is -2.43. The van der Waals surface area contributed by atoms with Gasteiger partial charge in [0, 0.05) is 10.0 Å². The van der Waals surface area contributed by atoms with E-state index in [1.807, 2.05) is 0 Å². The smallest absolute Gasteiger partial charge is 0.430 e. The molecule has 1 atom stereocenters. The van der Waals surface area contributed by atoms with Gasteiger partial charge in [0.25, 0.3) is 5.09 Å². The summed E-state index contributed by atoms with van der Waals surface area (Å²) in [6.45, 7) is -0.0153. The molecule has 1 heterocycles. The van der Waals surface area contributed by atoms with Crippen molar-refractivity contribution >= 4 is 33.9 Å². The molecule has 1 aromatic carbocycles. The van der Waals surface area contributed by atoms with Gasteiger partial charge in [-0.1, -0.05) is 15.9 Å². The van der Waals surface area contributed by atoms with Crippen LogP contribution in [-0.2, 0) is 23.9 Å². The van der Waals surface area contributed by atoms with E-state index in [1.165, 1.54) is 6.07 Å². The van der Waals surface area contributed by atoms with E-state index in [0.29, 0.717) is 10.0 Å². The van der Waals surface area contributed by atoms with Gasteiger partial charge in [0.1, 0.15) is 12.4 Å². The highest BCUT2D eigenvalue weighted by Gasteiger charge is 2.49. The Morgan fingerprint density at radius 3 is 2.62 bits per heavy atom. The van der Waals surface area contributed by atoms with Crippen molar-refractivity contribution < 1.29 is 46.9 Å². The number of ether oxygens (including phenoxy) is 3. The number of benzene rings is 1. The Labute approximate surface area is 169 Å². The molecular weight excluding hydrogens is 471 g/mol. The highest BCUT2D eigenvalue weighted by molar-refractivity contribution is 9.10. The lowest BCUT2D eigenvalue weighted by molar-refractivity contribution is -0.757. The van der Waals surface area contributed by atoms with Crippen molar-refractivity contribution in [1.82, 2.24) is 0 Å². The van der Waals surface area contributed by atoms with E-state index >= 15 is 0 Å². The number of carbonyl (C=O) groups is 2. The quantitative estimate of drug-likeness (QED) is 0.251. The Kier molecular flexibility index (Phi) is 7.06. The first-order valence-corrected chi connectivity index (χ1v) is 8.63. The molecule has 2 rings (SSSR count). The molecule has 0 spiro atoms. The molecule has 0 N–H and O–H groups in total. The van der Waals surface area contributed by atoms with Crippen LogP contribution in [0.3, 0.4) is 0 Å². The summed E-state index contributed by atoms with van der Waals surface area (Å²) in [6.07, 6.45) is -7.00. The highest BCUT2D eigenvalue weighted by Crippen LogP contribution is 2.40. The van der Waals surface area contributed by atoms with E-state index in [0.717, 1.165) is 6.08 Å². The van der Waals surface area contributed by atoms with Gasteiger partial charge in [0.05, 0.1) is 12.0 Å². The number of halogens is 4. The first kappa shape index (κ1) is 22.5. The summed E-state index contributed by atoms with van der Waals surface area (Å²) in [5.41, 5.74) is -0.161. The minimum atomic E-state index is -4.90. The molecule has 0 amide bonds. The highest BCUT2D eigenvalue weighted by atomic mass is 79.9. The minimum Gasteiger partial charge on any atom is -0.475 e. The molecule has 13 heteroatoms. The van der Waals surface area contributed by atoms with Gasteiger partial charge in [-0.2, -0.15) is 13.2 Å². The summed E-state index contributed by atoms with van der Waals surface area (Å²) < 4.78 is 54.7. The van der Waals surface area contributed by atoms with Gasteiger partial charge in [-0.3, -0.25) is 4.79 Å². The van der Waals surface area contributed by atoms with Crippen molar-refractivity contribution in [2.75, 3.05) is 13.4 Å². The van der Waals surface area contributed by atoms with Gasteiger partial charge >= 0.3 is 18.1 Å². The molecule has 0 saturated heterocycles. The molecule has 1 aliphatic heterocycles. The predicted octanol–water partition coefficient (Wildman–Crippen LogP) is 3.11. The number of rotatable bonds is 7. The topological polar surface area (TPSA) is 114 Å². The Balaban J connectivity index is 2.08. The second kappa shape index (κ2) is 9.11. The zero-order valence-corrected chi connectivity index (χ0v) is 16.2. The zero-order valence-electron chi connectivity index (χ0n) is 14.7. The number of carbonyl (C=O) groups excluding carboxylic acids is 2. The molecule has 158 valence electrons. The molecular formula is C16H13BrF3NO8. The van der Waals surface area contributed by atoms with E-state index in [4.69, 9.17) is 4.74 Å². The van der Waals surface area contributed by atoms with Crippen LogP contribution < -0.4 is 4.74 Å². The third-order valence-corrected chi connectivity index (χ3v) is 4.00. The molecule has 1 unspecified atom stereocenters. The van der Waals surface area contributed by atoms with E-state index in [9.17, 15) is 32.9 Å². The van der Waals surface area contributed by atoms with E-state index in [1.54, 1.807) is 13.0 Å². The van der Waals surface area contributed by atoms with E-state index in [2.05, 4.69) is 30.2 Å². The van der Waals surface area contributed by atoms with Gasteiger partial charge in [-0.05, 0) is 30.7 Å². The second-order valence-corrected chi connectivity index (χ2v) is 6.57. The molecule has 1 aliphatic rings. The SMILES string of the molecule is Cc1cc(Br)cc2c1OC(C(F)(F)F)C(C(=O)OCOC(=O)CCO[N+](=O)[O-])=C2. The lowest BCUT2D eigenvalue weighted by atomic mass is 9.99.